The maximum atomic E-state index is 5.76. The lowest BCUT2D eigenvalue weighted by Crippen LogP contribution is -2.12. The van der Waals surface area contributed by atoms with Gasteiger partial charge in [0.2, 0.25) is 0 Å². The zero-order chi connectivity index (χ0) is 6.97. The molecule has 2 rings (SSSR count). The van der Waals surface area contributed by atoms with Crippen LogP contribution in [0.15, 0.2) is 24.3 Å². The number of alkyl halides is 1. The van der Waals surface area contributed by atoms with Gasteiger partial charge in [-0.15, -0.1) is 0 Å². The van der Waals surface area contributed by atoms with Gasteiger partial charge in [-0.25, -0.2) is 0 Å². The lowest BCUT2D eigenvalue weighted by Gasteiger charge is -1.98. The molecular formula is C7H7ClN2. The van der Waals surface area contributed by atoms with E-state index in [0.717, 1.165) is 11.4 Å². The predicted octanol–water partition coefficient (Wildman–Crippen LogP) is 2.05. The molecule has 1 aliphatic heterocycles. The van der Waals surface area contributed by atoms with Crippen molar-refractivity contribution in [3.05, 3.63) is 24.3 Å². The van der Waals surface area contributed by atoms with Crippen molar-refractivity contribution in [1.82, 2.24) is 0 Å². The van der Waals surface area contributed by atoms with Crippen LogP contribution in [0.5, 0.6) is 0 Å². The van der Waals surface area contributed by atoms with Gasteiger partial charge in [0.15, 0.2) is 5.62 Å². The van der Waals surface area contributed by atoms with Crippen molar-refractivity contribution in [2.75, 3.05) is 10.6 Å². The highest BCUT2D eigenvalue weighted by Crippen LogP contribution is 2.28. The van der Waals surface area contributed by atoms with Crippen molar-refractivity contribution in [3.8, 4) is 0 Å². The topological polar surface area (TPSA) is 24.1 Å². The molecule has 1 heterocycles. The Hall–Kier alpha value is -0.890. The smallest absolute Gasteiger partial charge is 0.175 e. The Balaban J connectivity index is 2.42. The lowest BCUT2D eigenvalue weighted by atomic mass is 10.3. The van der Waals surface area contributed by atoms with Crippen LogP contribution in [0.4, 0.5) is 11.4 Å². The molecule has 2 N–H and O–H groups in total. The second-order valence-electron chi connectivity index (χ2n) is 2.20. The minimum absolute atomic E-state index is 0.155. The van der Waals surface area contributed by atoms with Gasteiger partial charge in [0.05, 0.1) is 11.4 Å². The molecule has 0 atom stereocenters. The largest absolute Gasteiger partial charge is 0.351 e. The summed E-state index contributed by atoms with van der Waals surface area (Å²) in [6, 6.07) is 7.93. The second kappa shape index (κ2) is 2.06. The van der Waals surface area contributed by atoms with E-state index in [2.05, 4.69) is 10.6 Å². The summed E-state index contributed by atoms with van der Waals surface area (Å²) in [5.41, 5.74) is 1.99. The van der Waals surface area contributed by atoms with E-state index < -0.39 is 0 Å². The minimum atomic E-state index is -0.155. The number of anilines is 2. The van der Waals surface area contributed by atoms with Crippen LogP contribution in [0.3, 0.4) is 0 Å². The molecule has 52 valence electrons. The zero-order valence-electron chi connectivity index (χ0n) is 5.26. The molecule has 0 saturated carbocycles. The molecule has 0 fully saturated rings. The highest BCUT2D eigenvalue weighted by molar-refractivity contribution is 6.23. The van der Waals surface area contributed by atoms with E-state index in [1.54, 1.807) is 0 Å². The van der Waals surface area contributed by atoms with E-state index in [-0.39, 0.29) is 5.62 Å². The third kappa shape index (κ3) is 0.809. The number of rotatable bonds is 0. The zero-order valence-corrected chi connectivity index (χ0v) is 6.02. The van der Waals surface area contributed by atoms with Gasteiger partial charge in [-0.3, -0.25) is 0 Å². The number of hydrogen-bond donors (Lipinski definition) is 2. The Kier molecular flexibility index (Phi) is 1.21. The minimum Gasteiger partial charge on any atom is -0.351 e. The fourth-order valence-corrected chi connectivity index (χ4v) is 1.28. The number of hydrogen-bond acceptors (Lipinski definition) is 2. The number of benzene rings is 1. The van der Waals surface area contributed by atoms with Crippen molar-refractivity contribution in [3.63, 3.8) is 0 Å². The Morgan fingerprint density at radius 2 is 1.60 bits per heavy atom. The summed E-state index contributed by atoms with van der Waals surface area (Å²) in [5, 5.41) is 6.10. The molecular weight excluding hydrogens is 148 g/mol. The van der Waals surface area contributed by atoms with E-state index in [1.165, 1.54) is 0 Å². The van der Waals surface area contributed by atoms with E-state index in [9.17, 15) is 0 Å². The molecule has 0 aliphatic carbocycles. The van der Waals surface area contributed by atoms with E-state index in [0.29, 0.717) is 0 Å². The molecule has 0 aromatic heterocycles. The molecule has 0 bridgehead atoms. The fourth-order valence-electron chi connectivity index (χ4n) is 1.04. The van der Waals surface area contributed by atoms with Crippen molar-refractivity contribution in [2.45, 2.75) is 5.62 Å². The molecule has 0 spiro atoms. The van der Waals surface area contributed by atoms with Gasteiger partial charge in [0.25, 0.3) is 0 Å². The molecule has 1 aromatic carbocycles. The van der Waals surface area contributed by atoms with Crippen molar-refractivity contribution in [1.29, 1.82) is 0 Å². The van der Waals surface area contributed by atoms with Crippen LogP contribution in [0, 0.1) is 0 Å². The first-order valence-electron chi connectivity index (χ1n) is 3.12. The SMILES string of the molecule is ClC1Nc2ccccc2N1. The van der Waals surface area contributed by atoms with E-state index in [1.807, 2.05) is 24.3 Å². The normalized spacial score (nSPS) is 15.7. The molecule has 0 radical (unpaired) electrons. The molecule has 1 aliphatic rings. The maximum Gasteiger partial charge on any atom is 0.175 e. The van der Waals surface area contributed by atoms with Gasteiger partial charge in [-0.2, -0.15) is 0 Å². The van der Waals surface area contributed by atoms with Crippen LogP contribution < -0.4 is 10.6 Å². The highest BCUT2D eigenvalue weighted by atomic mass is 35.5. The summed E-state index contributed by atoms with van der Waals surface area (Å²) in [7, 11) is 0. The number of fused-ring (bicyclic) bond motifs is 1. The average Bonchev–Trinajstić information content (AvgIpc) is 2.27. The van der Waals surface area contributed by atoms with E-state index >= 15 is 0 Å². The van der Waals surface area contributed by atoms with E-state index in [4.69, 9.17) is 11.6 Å². The van der Waals surface area contributed by atoms with Gasteiger partial charge >= 0.3 is 0 Å². The number of halogens is 1. The number of nitrogens with one attached hydrogen (secondary N) is 2. The van der Waals surface area contributed by atoms with Crippen LogP contribution in [0.1, 0.15) is 0 Å². The summed E-state index contributed by atoms with van der Waals surface area (Å²) >= 11 is 5.76. The first kappa shape index (κ1) is 5.86. The second-order valence-corrected chi connectivity index (χ2v) is 2.63. The molecule has 0 unspecified atom stereocenters. The Bertz CT molecular complexity index is 224. The standard InChI is InChI=1S/C7H7ClN2/c8-7-9-5-3-1-2-4-6(5)10-7/h1-4,7,9-10H. The molecule has 3 heteroatoms. The highest BCUT2D eigenvalue weighted by Gasteiger charge is 2.14. The van der Waals surface area contributed by atoms with Gasteiger partial charge in [-0.05, 0) is 12.1 Å². The molecule has 0 saturated heterocycles. The van der Waals surface area contributed by atoms with Gasteiger partial charge in [0, 0.05) is 0 Å². The first-order chi connectivity index (χ1) is 4.86. The average molecular weight is 155 g/mol. The van der Waals surface area contributed by atoms with Crippen LogP contribution in [0.2, 0.25) is 0 Å². The maximum absolute atomic E-state index is 5.76. The molecule has 2 nitrogen and oxygen atoms in total. The van der Waals surface area contributed by atoms with Crippen LogP contribution in [0.25, 0.3) is 0 Å². The first-order valence-corrected chi connectivity index (χ1v) is 3.56. The summed E-state index contributed by atoms with van der Waals surface area (Å²) in [5.74, 6) is 0. The Morgan fingerprint density at radius 1 is 1.10 bits per heavy atom. The predicted molar refractivity (Wildman–Crippen MR) is 43.3 cm³/mol. The third-order valence-corrected chi connectivity index (χ3v) is 1.71. The quantitative estimate of drug-likeness (QED) is 0.442. The molecule has 1 aromatic rings. The third-order valence-electron chi connectivity index (χ3n) is 1.49. The monoisotopic (exact) mass is 154 g/mol. The van der Waals surface area contributed by atoms with Gasteiger partial charge in [-0.1, -0.05) is 23.7 Å². The van der Waals surface area contributed by atoms with Crippen molar-refractivity contribution >= 4 is 23.0 Å². The van der Waals surface area contributed by atoms with Gasteiger partial charge < -0.3 is 10.6 Å². The lowest BCUT2D eigenvalue weighted by molar-refractivity contribution is 1.19. The summed E-state index contributed by atoms with van der Waals surface area (Å²) in [4.78, 5) is 0. The fraction of sp³-hybridized carbons (Fsp3) is 0.143. The Morgan fingerprint density at radius 3 is 2.10 bits per heavy atom. The molecule has 0 amide bonds. The van der Waals surface area contributed by atoms with Crippen LogP contribution in [-0.2, 0) is 0 Å². The van der Waals surface area contributed by atoms with Crippen LogP contribution >= 0.6 is 11.6 Å². The number of para-hydroxylation sites is 2. The van der Waals surface area contributed by atoms with Crippen molar-refractivity contribution < 1.29 is 0 Å². The van der Waals surface area contributed by atoms with Gasteiger partial charge in [0.1, 0.15) is 0 Å². The summed E-state index contributed by atoms with van der Waals surface area (Å²) < 4.78 is 0. The summed E-state index contributed by atoms with van der Waals surface area (Å²) in [6.45, 7) is 0. The Labute approximate surface area is 64.2 Å². The van der Waals surface area contributed by atoms with Crippen molar-refractivity contribution in [2.24, 2.45) is 0 Å². The molecule has 10 heavy (non-hydrogen) atoms. The van der Waals surface area contributed by atoms with Crippen LogP contribution in [-0.4, -0.2) is 5.62 Å². The summed E-state index contributed by atoms with van der Waals surface area (Å²) in [6.07, 6.45) is 0.